The van der Waals surface area contributed by atoms with Gasteiger partial charge in [-0.25, -0.2) is 4.79 Å². The van der Waals surface area contributed by atoms with E-state index in [1.807, 2.05) is 4.90 Å². The van der Waals surface area contributed by atoms with E-state index in [0.29, 0.717) is 17.9 Å². The summed E-state index contributed by atoms with van der Waals surface area (Å²) in [5.41, 5.74) is -1.35. The van der Waals surface area contributed by atoms with E-state index in [-0.39, 0.29) is 31.5 Å². The van der Waals surface area contributed by atoms with E-state index in [2.05, 4.69) is 0 Å². The second-order valence-corrected chi connectivity index (χ2v) is 5.80. The Balaban J connectivity index is 2.11. The van der Waals surface area contributed by atoms with Crippen molar-refractivity contribution in [3.05, 3.63) is 29.3 Å². The molecule has 1 N–H and O–H groups in total. The number of nitrogens with zero attached hydrogens (tertiary/aromatic N) is 1. The van der Waals surface area contributed by atoms with Crippen LogP contribution in [0.15, 0.2) is 18.2 Å². The number of benzene rings is 1. The molecule has 8 heteroatoms. The lowest BCUT2D eigenvalue weighted by molar-refractivity contribution is -0.282. The summed E-state index contributed by atoms with van der Waals surface area (Å²) in [6.07, 6.45) is -4.73. The van der Waals surface area contributed by atoms with Gasteiger partial charge in [0.25, 0.3) is 0 Å². The second-order valence-electron chi connectivity index (χ2n) is 5.80. The molecular formula is C16H20F3NO4. The summed E-state index contributed by atoms with van der Waals surface area (Å²) in [6.45, 7) is 0.726. The van der Waals surface area contributed by atoms with Crippen LogP contribution in [0.4, 0.5) is 13.2 Å². The number of alkyl halides is 3. The molecule has 134 valence electrons. The highest BCUT2D eigenvalue weighted by atomic mass is 19.4. The molecule has 0 saturated carbocycles. The molecule has 1 aliphatic heterocycles. The maximum atomic E-state index is 13.2. The Morgan fingerprint density at radius 1 is 1.29 bits per heavy atom. The Morgan fingerprint density at radius 2 is 1.92 bits per heavy atom. The minimum absolute atomic E-state index is 0.115. The normalized spacial score (nSPS) is 18.4. The van der Waals surface area contributed by atoms with Crippen LogP contribution in [0.25, 0.3) is 0 Å². The number of aromatic carboxylic acids is 1. The molecule has 2 rings (SSSR count). The first-order valence-electron chi connectivity index (χ1n) is 7.47. The predicted molar refractivity (Wildman–Crippen MR) is 80.3 cm³/mol. The molecule has 24 heavy (non-hydrogen) atoms. The number of carboxylic acid groups (broad SMARTS) is 1. The molecule has 0 amide bonds. The molecule has 1 fully saturated rings. The van der Waals surface area contributed by atoms with Crippen LogP contribution in [0.3, 0.4) is 0 Å². The van der Waals surface area contributed by atoms with Gasteiger partial charge in [0, 0.05) is 32.3 Å². The van der Waals surface area contributed by atoms with Crippen molar-refractivity contribution in [2.75, 3.05) is 27.3 Å². The van der Waals surface area contributed by atoms with E-state index in [0.717, 1.165) is 7.11 Å². The van der Waals surface area contributed by atoms with Crippen LogP contribution in [0.5, 0.6) is 5.75 Å². The monoisotopic (exact) mass is 347 g/mol. The Morgan fingerprint density at radius 3 is 2.38 bits per heavy atom. The first kappa shape index (κ1) is 18.5. The van der Waals surface area contributed by atoms with E-state index < -0.39 is 17.7 Å². The summed E-state index contributed by atoms with van der Waals surface area (Å²) >= 11 is 0. The lowest BCUT2D eigenvalue weighted by Crippen LogP contribution is -2.54. The standard InChI is InChI=1S/C16H20F3NO4/c1-23-13-4-3-11(14(21)22)9-12(13)10-20-7-5-15(24-2,6-8-20)16(17,18)19/h3-4,9H,5-8,10H2,1-2H3,(H,21,22). The van der Waals surface area contributed by atoms with Crippen molar-refractivity contribution in [2.24, 2.45) is 0 Å². The van der Waals surface area contributed by atoms with Crippen molar-refractivity contribution in [3.63, 3.8) is 0 Å². The molecule has 0 atom stereocenters. The van der Waals surface area contributed by atoms with E-state index in [4.69, 9.17) is 14.6 Å². The van der Waals surface area contributed by atoms with Gasteiger partial charge in [0.05, 0.1) is 12.7 Å². The number of hydrogen-bond donors (Lipinski definition) is 1. The SMILES string of the molecule is COc1ccc(C(=O)O)cc1CN1CCC(OC)(C(F)(F)F)CC1. The summed E-state index contributed by atoms with van der Waals surface area (Å²) < 4.78 is 49.5. The van der Waals surface area contributed by atoms with Gasteiger partial charge in [-0.1, -0.05) is 0 Å². The van der Waals surface area contributed by atoms with E-state index >= 15 is 0 Å². The van der Waals surface area contributed by atoms with E-state index in [9.17, 15) is 18.0 Å². The summed E-state index contributed by atoms with van der Waals surface area (Å²) in [7, 11) is 2.55. The van der Waals surface area contributed by atoms with Gasteiger partial charge in [-0.15, -0.1) is 0 Å². The number of likely N-dealkylation sites (tertiary alicyclic amines) is 1. The molecule has 1 saturated heterocycles. The number of piperidine rings is 1. The minimum atomic E-state index is -4.41. The molecule has 1 heterocycles. The summed E-state index contributed by atoms with van der Waals surface area (Å²) in [5, 5.41) is 9.07. The number of hydrogen-bond acceptors (Lipinski definition) is 4. The molecule has 0 radical (unpaired) electrons. The fourth-order valence-electron chi connectivity index (χ4n) is 2.95. The van der Waals surface area contributed by atoms with Gasteiger partial charge in [0.1, 0.15) is 5.75 Å². The fraction of sp³-hybridized carbons (Fsp3) is 0.562. The molecule has 1 aromatic carbocycles. The van der Waals surface area contributed by atoms with Gasteiger partial charge in [-0.2, -0.15) is 13.2 Å². The van der Waals surface area contributed by atoms with E-state index in [1.165, 1.54) is 19.2 Å². The Bertz CT molecular complexity index is 595. The van der Waals surface area contributed by atoms with Gasteiger partial charge in [0.2, 0.25) is 0 Å². The maximum Gasteiger partial charge on any atom is 0.417 e. The minimum Gasteiger partial charge on any atom is -0.496 e. The van der Waals surface area contributed by atoms with Gasteiger partial charge in [-0.3, -0.25) is 4.90 Å². The number of carbonyl (C=O) groups is 1. The number of methoxy groups -OCH3 is 2. The van der Waals surface area contributed by atoms with Crippen LogP contribution in [-0.2, 0) is 11.3 Å². The molecule has 0 aliphatic carbocycles. The van der Waals surface area contributed by atoms with Crippen LogP contribution in [0.1, 0.15) is 28.8 Å². The topological polar surface area (TPSA) is 59.0 Å². The number of halogens is 3. The van der Waals surface area contributed by atoms with Crippen LogP contribution < -0.4 is 4.74 Å². The molecule has 1 aromatic rings. The van der Waals surface area contributed by atoms with Crippen LogP contribution in [0, 0.1) is 0 Å². The molecule has 0 aromatic heterocycles. The Kier molecular flexibility index (Phi) is 5.39. The largest absolute Gasteiger partial charge is 0.496 e. The van der Waals surface area contributed by atoms with Gasteiger partial charge in [0.15, 0.2) is 5.60 Å². The van der Waals surface area contributed by atoms with Crippen LogP contribution >= 0.6 is 0 Å². The van der Waals surface area contributed by atoms with Crippen LogP contribution in [0.2, 0.25) is 0 Å². The first-order chi connectivity index (χ1) is 11.2. The smallest absolute Gasteiger partial charge is 0.417 e. The zero-order valence-corrected chi connectivity index (χ0v) is 13.5. The highest BCUT2D eigenvalue weighted by molar-refractivity contribution is 5.88. The zero-order chi connectivity index (χ0) is 18.0. The van der Waals surface area contributed by atoms with E-state index in [1.54, 1.807) is 6.07 Å². The van der Waals surface area contributed by atoms with Crippen molar-refractivity contribution in [3.8, 4) is 5.75 Å². The van der Waals surface area contributed by atoms with Crippen LogP contribution in [-0.4, -0.2) is 55.1 Å². The van der Waals surface area contributed by atoms with Gasteiger partial charge < -0.3 is 14.6 Å². The fourth-order valence-corrected chi connectivity index (χ4v) is 2.95. The second kappa shape index (κ2) is 6.98. The van der Waals surface area contributed by atoms with Crippen molar-refractivity contribution in [1.82, 2.24) is 4.90 Å². The summed E-state index contributed by atoms with van der Waals surface area (Å²) in [5.74, 6) is -0.549. The zero-order valence-electron chi connectivity index (χ0n) is 13.5. The molecule has 0 spiro atoms. The van der Waals surface area contributed by atoms with Crippen molar-refractivity contribution in [1.29, 1.82) is 0 Å². The lowest BCUT2D eigenvalue weighted by Gasteiger charge is -2.41. The number of carboxylic acids is 1. The third-order valence-corrected chi connectivity index (χ3v) is 4.49. The first-order valence-corrected chi connectivity index (χ1v) is 7.47. The molecule has 1 aliphatic rings. The quantitative estimate of drug-likeness (QED) is 0.887. The molecule has 0 unspecified atom stereocenters. The van der Waals surface area contributed by atoms with Gasteiger partial charge in [-0.05, 0) is 31.0 Å². The Hall–Kier alpha value is -1.80. The molecule has 0 bridgehead atoms. The molecular weight excluding hydrogens is 327 g/mol. The number of rotatable bonds is 5. The summed E-state index contributed by atoms with van der Waals surface area (Å²) in [4.78, 5) is 12.9. The third-order valence-electron chi connectivity index (χ3n) is 4.49. The third kappa shape index (κ3) is 3.64. The number of ether oxygens (including phenoxy) is 2. The Labute approximate surface area is 138 Å². The van der Waals surface area contributed by atoms with Gasteiger partial charge >= 0.3 is 12.1 Å². The lowest BCUT2D eigenvalue weighted by atomic mass is 9.90. The molecule has 5 nitrogen and oxygen atoms in total. The van der Waals surface area contributed by atoms with Crippen molar-refractivity contribution >= 4 is 5.97 Å². The average Bonchev–Trinajstić information content (AvgIpc) is 2.54. The highest BCUT2D eigenvalue weighted by Gasteiger charge is 2.56. The highest BCUT2D eigenvalue weighted by Crippen LogP contribution is 2.41. The van der Waals surface area contributed by atoms with Crippen molar-refractivity contribution in [2.45, 2.75) is 31.2 Å². The average molecular weight is 347 g/mol. The van der Waals surface area contributed by atoms with Crippen molar-refractivity contribution < 1.29 is 32.5 Å². The summed E-state index contributed by atoms with van der Waals surface area (Å²) in [6, 6.07) is 4.47. The maximum absolute atomic E-state index is 13.2. The predicted octanol–water partition coefficient (Wildman–Crippen LogP) is 2.94.